The highest BCUT2D eigenvalue weighted by atomic mass is 16.6. The molecule has 0 unspecified atom stereocenters. The number of nitrogens with one attached hydrogen (secondary N) is 1. The number of nitrogens with two attached hydrogens (primary N) is 1. The molecule has 0 bridgehead atoms. The van der Waals surface area contributed by atoms with Crippen LogP contribution in [-0.4, -0.2) is 41.2 Å². The highest BCUT2D eigenvalue weighted by Crippen LogP contribution is 2.29. The smallest absolute Gasteiger partial charge is 0.410 e. The van der Waals surface area contributed by atoms with Crippen LogP contribution in [0.25, 0.3) is 10.9 Å². The van der Waals surface area contributed by atoms with Gasteiger partial charge in [-0.15, -0.1) is 0 Å². The fourth-order valence-corrected chi connectivity index (χ4v) is 3.65. The number of likely N-dealkylation sites (tertiary alicyclic amines) is 1. The molecule has 3 rings (SSSR count). The number of ether oxygens (including phenoxy) is 1. The number of aryl methyl sites for hydroxylation is 1. The normalized spacial score (nSPS) is 15.6. The minimum atomic E-state index is -0.441. The highest BCUT2D eigenvalue weighted by molar-refractivity contribution is 5.97. The van der Waals surface area contributed by atoms with Crippen LogP contribution < -0.4 is 11.1 Å². The lowest BCUT2D eigenvalue weighted by Gasteiger charge is -2.33. The lowest BCUT2D eigenvalue weighted by molar-refractivity contribution is 0.0182. The number of nitrogen functional groups attached to an aromatic ring is 1. The Balaban J connectivity index is 1.51. The van der Waals surface area contributed by atoms with Crippen LogP contribution in [0.3, 0.4) is 0 Å². The number of anilines is 2. The average molecular weight is 385 g/mol. The molecule has 3 N–H and O–H groups in total. The van der Waals surface area contributed by atoms with Gasteiger partial charge in [-0.2, -0.15) is 0 Å². The van der Waals surface area contributed by atoms with Gasteiger partial charge in [-0.1, -0.05) is 12.1 Å². The van der Waals surface area contributed by atoms with E-state index in [9.17, 15) is 4.79 Å². The third kappa shape index (κ3) is 5.06. The molecule has 28 heavy (non-hydrogen) atoms. The standard InChI is InChI=1S/C22H32N4O2/c1-15-5-6-17-19(13-15)25-14-18(23)20(17)24-10-7-16-8-11-26(12-9-16)21(27)28-22(2,3)4/h5-6,13-14,16H,7-12,23H2,1-4H3,(H,24,25). The second-order valence-electron chi connectivity index (χ2n) is 8.74. The van der Waals surface area contributed by atoms with Crippen molar-refractivity contribution in [2.24, 2.45) is 5.92 Å². The van der Waals surface area contributed by atoms with Crippen LogP contribution in [0.15, 0.2) is 24.4 Å². The van der Waals surface area contributed by atoms with Gasteiger partial charge in [0.1, 0.15) is 5.60 Å². The third-order valence-electron chi connectivity index (χ3n) is 5.17. The van der Waals surface area contributed by atoms with E-state index in [4.69, 9.17) is 10.5 Å². The molecule has 2 aromatic rings. The number of pyridine rings is 1. The van der Waals surface area contributed by atoms with Gasteiger partial charge >= 0.3 is 6.09 Å². The number of hydrogen-bond donors (Lipinski definition) is 2. The molecule has 1 saturated heterocycles. The Labute approximate surface area is 167 Å². The summed E-state index contributed by atoms with van der Waals surface area (Å²) < 4.78 is 5.47. The summed E-state index contributed by atoms with van der Waals surface area (Å²) in [6.07, 6.45) is 4.59. The van der Waals surface area contributed by atoms with Crippen molar-refractivity contribution in [1.82, 2.24) is 9.88 Å². The summed E-state index contributed by atoms with van der Waals surface area (Å²) in [7, 11) is 0. The maximum atomic E-state index is 12.2. The van der Waals surface area contributed by atoms with E-state index in [1.807, 2.05) is 25.7 Å². The number of benzene rings is 1. The number of nitrogens with zero attached hydrogens (tertiary/aromatic N) is 2. The van der Waals surface area contributed by atoms with Crippen LogP contribution >= 0.6 is 0 Å². The Kier molecular flexibility index (Phi) is 5.96. The number of aromatic nitrogens is 1. The minimum absolute atomic E-state index is 0.199. The fraction of sp³-hybridized carbons (Fsp3) is 0.545. The molecule has 0 aliphatic carbocycles. The van der Waals surface area contributed by atoms with Crippen LogP contribution in [0.5, 0.6) is 0 Å². The van der Waals surface area contributed by atoms with Crippen molar-refractivity contribution in [3.8, 4) is 0 Å². The summed E-state index contributed by atoms with van der Waals surface area (Å²) in [4.78, 5) is 18.4. The van der Waals surface area contributed by atoms with Crippen molar-refractivity contribution in [2.45, 2.75) is 52.6 Å². The first-order valence-electron chi connectivity index (χ1n) is 10.1. The molecule has 152 valence electrons. The number of amides is 1. The van der Waals surface area contributed by atoms with Crippen molar-refractivity contribution in [2.75, 3.05) is 30.7 Å². The lowest BCUT2D eigenvalue weighted by Crippen LogP contribution is -2.41. The number of rotatable bonds is 4. The fourth-order valence-electron chi connectivity index (χ4n) is 3.65. The molecule has 1 aromatic heterocycles. The molecule has 0 spiro atoms. The van der Waals surface area contributed by atoms with Gasteiger partial charge < -0.3 is 20.7 Å². The predicted molar refractivity (Wildman–Crippen MR) is 115 cm³/mol. The van der Waals surface area contributed by atoms with Gasteiger partial charge in [0, 0.05) is 25.0 Å². The molecular weight excluding hydrogens is 352 g/mol. The molecule has 1 amide bonds. The van der Waals surface area contributed by atoms with E-state index in [2.05, 4.69) is 35.4 Å². The molecule has 0 saturated carbocycles. The van der Waals surface area contributed by atoms with E-state index in [-0.39, 0.29) is 6.09 Å². The SMILES string of the molecule is Cc1ccc2c(NCCC3CCN(C(=O)OC(C)(C)C)CC3)c(N)cnc2c1. The monoisotopic (exact) mass is 384 g/mol. The second kappa shape index (κ2) is 8.25. The van der Waals surface area contributed by atoms with Crippen molar-refractivity contribution in [3.63, 3.8) is 0 Å². The quantitative estimate of drug-likeness (QED) is 0.807. The topological polar surface area (TPSA) is 80.5 Å². The zero-order valence-corrected chi connectivity index (χ0v) is 17.4. The maximum Gasteiger partial charge on any atom is 0.410 e. The largest absolute Gasteiger partial charge is 0.444 e. The third-order valence-corrected chi connectivity index (χ3v) is 5.17. The van der Waals surface area contributed by atoms with E-state index in [0.29, 0.717) is 11.6 Å². The summed E-state index contributed by atoms with van der Waals surface area (Å²) in [5.41, 5.74) is 9.52. The van der Waals surface area contributed by atoms with E-state index in [1.54, 1.807) is 6.20 Å². The first kappa shape index (κ1) is 20.2. The summed E-state index contributed by atoms with van der Waals surface area (Å²) in [5, 5.41) is 4.58. The number of piperidine rings is 1. The zero-order chi connectivity index (χ0) is 20.3. The van der Waals surface area contributed by atoms with Crippen LogP contribution in [0, 0.1) is 12.8 Å². The van der Waals surface area contributed by atoms with Gasteiger partial charge in [-0.25, -0.2) is 4.79 Å². The van der Waals surface area contributed by atoms with Crippen LogP contribution in [-0.2, 0) is 4.74 Å². The van der Waals surface area contributed by atoms with E-state index < -0.39 is 5.60 Å². The molecule has 6 nitrogen and oxygen atoms in total. The van der Waals surface area contributed by atoms with Crippen molar-refractivity contribution in [1.29, 1.82) is 0 Å². The first-order chi connectivity index (χ1) is 13.2. The Hall–Kier alpha value is -2.50. The Morgan fingerprint density at radius 1 is 1.32 bits per heavy atom. The minimum Gasteiger partial charge on any atom is -0.444 e. The van der Waals surface area contributed by atoms with Crippen LogP contribution in [0.2, 0.25) is 0 Å². The Morgan fingerprint density at radius 3 is 2.71 bits per heavy atom. The first-order valence-corrected chi connectivity index (χ1v) is 10.1. The van der Waals surface area contributed by atoms with Gasteiger partial charge in [-0.3, -0.25) is 4.98 Å². The van der Waals surface area contributed by atoms with Crippen molar-refractivity contribution < 1.29 is 9.53 Å². The molecule has 1 fully saturated rings. The number of hydrogen-bond acceptors (Lipinski definition) is 5. The molecule has 2 heterocycles. The molecule has 6 heteroatoms. The lowest BCUT2D eigenvalue weighted by atomic mass is 9.93. The Bertz CT molecular complexity index is 836. The van der Waals surface area contributed by atoms with Crippen LogP contribution in [0.1, 0.15) is 45.6 Å². The molecule has 1 aromatic carbocycles. The number of carbonyl (C=O) groups is 1. The predicted octanol–water partition coefficient (Wildman–Crippen LogP) is 4.57. The average Bonchev–Trinajstić information content (AvgIpc) is 2.62. The number of carbonyl (C=O) groups excluding carboxylic acids is 1. The van der Waals surface area contributed by atoms with Gasteiger partial charge in [0.05, 0.1) is 23.1 Å². The van der Waals surface area contributed by atoms with Gasteiger partial charge in [-0.05, 0) is 64.5 Å². The molecule has 0 atom stereocenters. The molecule has 1 aliphatic heterocycles. The van der Waals surface area contributed by atoms with E-state index in [1.165, 1.54) is 5.56 Å². The summed E-state index contributed by atoms with van der Waals surface area (Å²) >= 11 is 0. The van der Waals surface area contributed by atoms with Crippen molar-refractivity contribution >= 4 is 28.4 Å². The van der Waals surface area contributed by atoms with Gasteiger partial charge in [0.2, 0.25) is 0 Å². The second-order valence-corrected chi connectivity index (χ2v) is 8.74. The highest BCUT2D eigenvalue weighted by Gasteiger charge is 2.26. The van der Waals surface area contributed by atoms with Gasteiger partial charge in [0.15, 0.2) is 0 Å². The summed E-state index contributed by atoms with van der Waals surface area (Å²) in [6, 6.07) is 6.24. The number of fused-ring (bicyclic) bond motifs is 1. The van der Waals surface area contributed by atoms with Gasteiger partial charge in [0.25, 0.3) is 0 Å². The van der Waals surface area contributed by atoms with E-state index in [0.717, 1.165) is 55.5 Å². The Morgan fingerprint density at radius 2 is 2.04 bits per heavy atom. The molecule has 0 radical (unpaired) electrons. The van der Waals surface area contributed by atoms with E-state index >= 15 is 0 Å². The molecule has 1 aliphatic rings. The van der Waals surface area contributed by atoms with Crippen LogP contribution in [0.4, 0.5) is 16.2 Å². The zero-order valence-electron chi connectivity index (χ0n) is 17.4. The molecular formula is C22H32N4O2. The summed E-state index contributed by atoms with van der Waals surface area (Å²) in [6.45, 7) is 10.2. The van der Waals surface area contributed by atoms with Crippen molar-refractivity contribution in [3.05, 3.63) is 30.0 Å². The summed E-state index contributed by atoms with van der Waals surface area (Å²) in [5.74, 6) is 0.600. The maximum absolute atomic E-state index is 12.2.